The van der Waals surface area contributed by atoms with E-state index in [9.17, 15) is 0 Å². The molecule has 0 amide bonds. The molecule has 4 aromatic rings. The first-order valence-corrected chi connectivity index (χ1v) is 6.82. The zero-order valence-electron chi connectivity index (χ0n) is 9.97. The monoisotopic (exact) mass is 249 g/mol. The van der Waals surface area contributed by atoms with Gasteiger partial charge in [-0.15, -0.1) is 11.3 Å². The second-order valence-corrected chi connectivity index (χ2v) is 5.73. The molecule has 1 aromatic heterocycles. The van der Waals surface area contributed by atoms with E-state index < -0.39 is 0 Å². The zero-order chi connectivity index (χ0) is 12.1. The van der Waals surface area contributed by atoms with Crippen molar-refractivity contribution in [1.29, 1.82) is 0 Å². The minimum Gasteiger partial charge on any atom is -0.241 e. The quantitative estimate of drug-likeness (QED) is 0.403. The van der Waals surface area contributed by atoms with E-state index in [1.165, 1.54) is 26.2 Å². The second kappa shape index (κ2) is 3.53. The number of aryl methyl sites for hydroxylation is 1. The van der Waals surface area contributed by atoms with Crippen molar-refractivity contribution in [3.63, 3.8) is 0 Å². The molecule has 0 aliphatic rings. The summed E-state index contributed by atoms with van der Waals surface area (Å²) in [6.07, 6.45) is 0. The van der Waals surface area contributed by atoms with Crippen LogP contribution in [-0.2, 0) is 0 Å². The van der Waals surface area contributed by atoms with Crippen molar-refractivity contribution in [3.8, 4) is 0 Å². The van der Waals surface area contributed by atoms with Crippen LogP contribution in [0.15, 0.2) is 48.5 Å². The highest BCUT2D eigenvalue weighted by molar-refractivity contribution is 7.19. The third-order valence-corrected chi connectivity index (χ3v) is 4.40. The van der Waals surface area contributed by atoms with E-state index >= 15 is 0 Å². The molecule has 0 N–H and O–H groups in total. The normalized spacial score (nSPS) is 11.6. The molecule has 0 saturated carbocycles. The summed E-state index contributed by atoms with van der Waals surface area (Å²) in [5.74, 6) is 0. The second-order valence-electron chi connectivity index (χ2n) is 4.53. The first kappa shape index (κ1) is 10.0. The van der Waals surface area contributed by atoms with Crippen LogP contribution >= 0.6 is 11.3 Å². The SMILES string of the molecule is Cc1nc2ccc3c4ccccc4ccc3c2s1. The van der Waals surface area contributed by atoms with E-state index in [0.717, 1.165) is 10.5 Å². The molecule has 0 atom stereocenters. The fourth-order valence-corrected chi connectivity index (χ4v) is 3.53. The lowest BCUT2D eigenvalue weighted by atomic mass is 10.0. The number of thiazole rings is 1. The van der Waals surface area contributed by atoms with Gasteiger partial charge in [0.1, 0.15) is 0 Å². The minimum absolute atomic E-state index is 1.11. The van der Waals surface area contributed by atoms with Crippen LogP contribution in [0.3, 0.4) is 0 Å². The maximum Gasteiger partial charge on any atom is 0.0907 e. The lowest BCUT2D eigenvalue weighted by molar-refractivity contribution is 1.35. The lowest BCUT2D eigenvalue weighted by Gasteiger charge is -2.04. The van der Waals surface area contributed by atoms with Crippen LogP contribution in [0.4, 0.5) is 0 Å². The molecule has 0 spiro atoms. The molecule has 0 bridgehead atoms. The van der Waals surface area contributed by atoms with E-state index in [0.29, 0.717) is 0 Å². The molecule has 0 unspecified atom stereocenters. The van der Waals surface area contributed by atoms with Crippen molar-refractivity contribution in [2.24, 2.45) is 0 Å². The maximum atomic E-state index is 4.56. The first-order chi connectivity index (χ1) is 8.83. The average Bonchev–Trinajstić information content (AvgIpc) is 2.79. The summed E-state index contributed by atoms with van der Waals surface area (Å²) in [5, 5.41) is 6.39. The van der Waals surface area contributed by atoms with Gasteiger partial charge >= 0.3 is 0 Å². The Bertz CT molecular complexity index is 889. The van der Waals surface area contributed by atoms with E-state index in [2.05, 4.69) is 60.4 Å². The third-order valence-electron chi connectivity index (χ3n) is 3.38. The molecule has 4 rings (SSSR count). The highest BCUT2D eigenvalue weighted by atomic mass is 32.1. The Morgan fingerprint density at radius 1 is 0.833 bits per heavy atom. The highest BCUT2D eigenvalue weighted by Crippen LogP contribution is 2.33. The smallest absolute Gasteiger partial charge is 0.0907 e. The number of hydrogen-bond acceptors (Lipinski definition) is 2. The van der Waals surface area contributed by atoms with Gasteiger partial charge in [-0.1, -0.05) is 42.5 Å². The number of nitrogens with zero attached hydrogens (tertiary/aromatic N) is 1. The molecule has 0 aliphatic carbocycles. The van der Waals surface area contributed by atoms with Crippen molar-refractivity contribution < 1.29 is 0 Å². The standard InChI is InChI=1S/C16H11NS/c1-10-17-15-9-8-13-12-5-3-2-4-11(12)6-7-14(13)16(15)18-10/h2-9H,1H3. The predicted octanol–water partition coefficient (Wildman–Crippen LogP) is 4.91. The van der Waals surface area contributed by atoms with E-state index in [1.54, 1.807) is 11.3 Å². The number of rotatable bonds is 0. The van der Waals surface area contributed by atoms with Crippen LogP contribution in [0.5, 0.6) is 0 Å². The van der Waals surface area contributed by atoms with Gasteiger partial charge in [0, 0.05) is 5.39 Å². The molecule has 0 fully saturated rings. The largest absolute Gasteiger partial charge is 0.241 e. The molecular formula is C16H11NS. The van der Waals surface area contributed by atoms with E-state index in [4.69, 9.17) is 0 Å². The number of hydrogen-bond donors (Lipinski definition) is 0. The molecule has 3 aromatic carbocycles. The molecular weight excluding hydrogens is 238 g/mol. The average molecular weight is 249 g/mol. The van der Waals surface area contributed by atoms with Gasteiger partial charge in [0.05, 0.1) is 15.2 Å². The van der Waals surface area contributed by atoms with Gasteiger partial charge in [0.15, 0.2) is 0 Å². The Morgan fingerprint density at radius 3 is 2.61 bits per heavy atom. The summed E-state index contributed by atoms with van der Waals surface area (Å²) >= 11 is 1.78. The molecule has 18 heavy (non-hydrogen) atoms. The summed E-state index contributed by atoms with van der Waals surface area (Å²) in [4.78, 5) is 4.56. The molecule has 0 radical (unpaired) electrons. The van der Waals surface area contributed by atoms with Crippen LogP contribution in [0.2, 0.25) is 0 Å². The Balaban J connectivity index is 2.30. The highest BCUT2D eigenvalue weighted by Gasteiger charge is 2.07. The first-order valence-electron chi connectivity index (χ1n) is 6.00. The van der Waals surface area contributed by atoms with Crippen molar-refractivity contribution in [1.82, 2.24) is 4.98 Å². The number of aromatic nitrogens is 1. The summed E-state index contributed by atoms with van der Waals surface area (Å²) in [6, 6.07) is 17.3. The van der Waals surface area contributed by atoms with Crippen molar-refractivity contribution >= 4 is 43.1 Å². The molecule has 2 heteroatoms. The van der Waals surface area contributed by atoms with Crippen LogP contribution in [0, 0.1) is 6.92 Å². The minimum atomic E-state index is 1.11. The van der Waals surface area contributed by atoms with Gasteiger partial charge in [0.2, 0.25) is 0 Å². The molecule has 0 aliphatic heterocycles. The van der Waals surface area contributed by atoms with Gasteiger partial charge in [-0.25, -0.2) is 4.98 Å². The van der Waals surface area contributed by atoms with Gasteiger partial charge < -0.3 is 0 Å². The molecule has 0 saturated heterocycles. The topological polar surface area (TPSA) is 12.9 Å². The summed E-state index contributed by atoms with van der Waals surface area (Å²) in [6.45, 7) is 2.07. The zero-order valence-corrected chi connectivity index (χ0v) is 10.8. The van der Waals surface area contributed by atoms with E-state index in [1.807, 2.05) is 0 Å². The molecule has 1 nitrogen and oxygen atoms in total. The van der Waals surface area contributed by atoms with Gasteiger partial charge in [-0.05, 0) is 29.1 Å². The number of benzene rings is 3. The van der Waals surface area contributed by atoms with Crippen LogP contribution < -0.4 is 0 Å². The fraction of sp³-hybridized carbons (Fsp3) is 0.0625. The summed E-state index contributed by atoms with van der Waals surface area (Å²) < 4.78 is 1.30. The number of fused-ring (bicyclic) bond motifs is 5. The molecule has 86 valence electrons. The van der Waals surface area contributed by atoms with Gasteiger partial charge in [-0.2, -0.15) is 0 Å². The predicted molar refractivity (Wildman–Crippen MR) is 79.4 cm³/mol. The summed E-state index contributed by atoms with van der Waals surface area (Å²) in [7, 11) is 0. The van der Waals surface area contributed by atoms with Gasteiger partial charge in [0.25, 0.3) is 0 Å². The Morgan fingerprint density at radius 2 is 1.67 bits per heavy atom. The van der Waals surface area contributed by atoms with E-state index in [-0.39, 0.29) is 0 Å². The van der Waals surface area contributed by atoms with Crippen molar-refractivity contribution in [3.05, 3.63) is 53.5 Å². The van der Waals surface area contributed by atoms with Crippen molar-refractivity contribution in [2.45, 2.75) is 6.92 Å². The van der Waals surface area contributed by atoms with Crippen LogP contribution in [-0.4, -0.2) is 4.98 Å². The Kier molecular flexibility index (Phi) is 1.97. The summed E-state index contributed by atoms with van der Waals surface area (Å²) in [5.41, 5.74) is 1.11. The lowest BCUT2D eigenvalue weighted by Crippen LogP contribution is -1.78. The third kappa shape index (κ3) is 1.30. The van der Waals surface area contributed by atoms with Gasteiger partial charge in [-0.3, -0.25) is 0 Å². The fourth-order valence-electron chi connectivity index (χ4n) is 2.58. The molecule has 1 heterocycles. The van der Waals surface area contributed by atoms with Crippen molar-refractivity contribution in [2.75, 3.05) is 0 Å². The maximum absolute atomic E-state index is 4.56. The van der Waals surface area contributed by atoms with Crippen LogP contribution in [0.25, 0.3) is 31.8 Å². The Hall–Kier alpha value is -1.93. The van der Waals surface area contributed by atoms with Crippen LogP contribution in [0.1, 0.15) is 5.01 Å². The Labute approximate surface area is 109 Å².